The first kappa shape index (κ1) is 19.9. The van der Waals surface area contributed by atoms with E-state index in [1.54, 1.807) is 6.07 Å². The lowest BCUT2D eigenvalue weighted by Gasteiger charge is -2.45. The number of hydrogen-bond acceptors (Lipinski definition) is 5. The molecule has 4 rings (SSSR count). The fraction of sp³-hybridized carbons (Fsp3) is 0.476. The largest absolute Gasteiger partial charge is 0.326 e. The number of nitrogens with one attached hydrogen (secondary N) is 2. The summed E-state index contributed by atoms with van der Waals surface area (Å²) in [5, 5.41) is 14.6. The Morgan fingerprint density at radius 3 is 2.93 bits per heavy atom. The van der Waals surface area contributed by atoms with Gasteiger partial charge < -0.3 is 5.73 Å². The summed E-state index contributed by atoms with van der Waals surface area (Å²) in [5.74, 6) is 0.424. The summed E-state index contributed by atoms with van der Waals surface area (Å²) in [5.41, 5.74) is 15.4. The maximum Gasteiger partial charge on any atom is 0.237 e. The van der Waals surface area contributed by atoms with Crippen LogP contribution in [0.2, 0.25) is 5.02 Å². The second kappa shape index (κ2) is 7.79. The topological polar surface area (TPSA) is 109 Å². The van der Waals surface area contributed by atoms with Gasteiger partial charge in [0.15, 0.2) is 0 Å². The van der Waals surface area contributed by atoms with Crippen LogP contribution in [0, 0.1) is 23.2 Å². The van der Waals surface area contributed by atoms with Crippen molar-refractivity contribution in [3.8, 4) is 17.3 Å². The van der Waals surface area contributed by atoms with Crippen molar-refractivity contribution in [3.63, 3.8) is 0 Å². The number of benzene rings is 1. The minimum Gasteiger partial charge on any atom is -0.326 e. The number of fused-ring (bicyclic) bond motifs is 1. The van der Waals surface area contributed by atoms with Gasteiger partial charge in [0, 0.05) is 36.2 Å². The Bertz CT molecular complexity index is 978. The third kappa shape index (κ3) is 3.42. The monoisotopic (exact) mass is 412 g/mol. The number of nitriles is 1. The number of halogens is 1. The lowest BCUT2D eigenvalue weighted by molar-refractivity contribution is -0.133. The molecule has 2 aromatic rings. The van der Waals surface area contributed by atoms with E-state index in [0.717, 1.165) is 36.1 Å². The first-order valence-electron chi connectivity index (χ1n) is 9.94. The molecule has 2 heterocycles. The van der Waals surface area contributed by atoms with E-state index in [2.05, 4.69) is 22.0 Å². The molecule has 2 fully saturated rings. The summed E-state index contributed by atoms with van der Waals surface area (Å²) in [7, 11) is 1.88. The minimum absolute atomic E-state index is 0.0236. The molecule has 1 saturated carbocycles. The summed E-state index contributed by atoms with van der Waals surface area (Å²) >= 11 is 6.28. The molecule has 5 atom stereocenters. The second-order valence-electron chi connectivity index (χ2n) is 8.15. The maximum absolute atomic E-state index is 12.4. The molecule has 0 spiro atoms. The number of nitrogens with zero attached hydrogens (tertiary/aromatic N) is 3. The van der Waals surface area contributed by atoms with Gasteiger partial charge in [0.05, 0.1) is 22.5 Å². The average Bonchev–Trinajstić information content (AvgIpc) is 3.08. The van der Waals surface area contributed by atoms with Gasteiger partial charge in [-0.1, -0.05) is 23.7 Å². The molecule has 152 valence electrons. The predicted octanol–water partition coefficient (Wildman–Crippen LogP) is 2.46. The summed E-state index contributed by atoms with van der Waals surface area (Å²) in [6.07, 6.45) is 4.43. The SMILES string of the molecule is C[C@@H](N)C1NNC(=O)C2CCC(c3cnn(C)c3-c3cccc(Cl)c3C#N)CC21. The van der Waals surface area contributed by atoms with Crippen molar-refractivity contribution in [1.82, 2.24) is 20.6 Å². The molecule has 1 aromatic carbocycles. The van der Waals surface area contributed by atoms with E-state index in [1.807, 2.05) is 37.0 Å². The minimum atomic E-state index is -0.0756. The third-order valence-corrected chi connectivity index (χ3v) is 6.73. The molecule has 1 aliphatic carbocycles. The molecule has 4 unspecified atom stereocenters. The Balaban J connectivity index is 1.72. The zero-order chi connectivity index (χ0) is 20.7. The molecule has 0 bridgehead atoms. The van der Waals surface area contributed by atoms with Crippen molar-refractivity contribution < 1.29 is 4.79 Å². The number of aromatic nitrogens is 2. The Hall–Kier alpha value is -2.40. The fourth-order valence-corrected chi connectivity index (χ4v) is 5.22. The molecule has 29 heavy (non-hydrogen) atoms. The molecule has 0 radical (unpaired) electrons. The first-order chi connectivity index (χ1) is 13.9. The number of rotatable bonds is 3. The van der Waals surface area contributed by atoms with Crippen LogP contribution in [-0.2, 0) is 11.8 Å². The summed E-state index contributed by atoms with van der Waals surface area (Å²) in [4.78, 5) is 12.4. The van der Waals surface area contributed by atoms with Crippen molar-refractivity contribution in [3.05, 3.63) is 40.5 Å². The van der Waals surface area contributed by atoms with E-state index < -0.39 is 0 Å². The second-order valence-corrected chi connectivity index (χ2v) is 8.55. The highest BCUT2D eigenvalue weighted by molar-refractivity contribution is 6.32. The van der Waals surface area contributed by atoms with Gasteiger partial charge in [0.1, 0.15) is 6.07 Å². The van der Waals surface area contributed by atoms with Gasteiger partial charge in [-0.15, -0.1) is 0 Å². The van der Waals surface area contributed by atoms with E-state index in [-0.39, 0.29) is 35.7 Å². The summed E-state index contributed by atoms with van der Waals surface area (Å²) in [6.45, 7) is 1.97. The Labute approximate surface area is 175 Å². The van der Waals surface area contributed by atoms with Crippen LogP contribution in [-0.4, -0.2) is 27.8 Å². The lowest BCUT2D eigenvalue weighted by Crippen LogP contribution is -2.64. The van der Waals surface area contributed by atoms with E-state index in [1.165, 1.54) is 0 Å². The molecule has 1 aliphatic heterocycles. The lowest BCUT2D eigenvalue weighted by atomic mass is 9.67. The van der Waals surface area contributed by atoms with Gasteiger partial charge in [0.2, 0.25) is 5.91 Å². The molecular formula is C21H25ClN6O. The van der Waals surface area contributed by atoms with E-state index in [4.69, 9.17) is 17.3 Å². The number of hydrazine groups is 1. The van der Waals surface area contributed by atoms with Crippen molar-refractivity contribution in [2.45, 2.75) is 44.2 Å². The van der Waals surface area contributed by atoms with Gasteiger partial charge in [-0.3, -0.25) is 14.9 Å². The zero-order valence-electron chi connectivity index (χ0n) is 16.5. The van der Waals surface area contributed by atoms with Crippen molar-refractivity contribution in [2.24, 2.45) is 24.6 Å². The summed E-state index contributed by atoms with van der Waals surface area (Å²) in [6, 6.07) is 7.68. The van der Waals surface area contributed by atoms with E-state index in [0.29, 0.717) is 10.6 Å². The highest BCUT2D eigenvalue weighted by atomic mass is 35.5. The quantitative estimate of drug-likeness (QED) is 0.717. The Kier molecular flexibility index (Phi) is 5.34. The Morgan fingerprint density at radius 1 is 1.41 bits per heavy atom. The molecule has 4 N–H and O–H groups in total. The third-order valence-electron chi connectivity index (χ3n) is 6.41. The molecule has 7 nitrogen and oxygen atoms in total. The number of hydrogen-bond donors (Lipinski definition) is 3. The smallest absolute Gasteiger partial charge is 0.237 e. The molecule has 1 saturated heterocycles. The van der Waals surface area contributed by atoms with Crippen molar-refractivity contribution in [2.75, 3.05) is 0 Å². The first-order valence-corrected chi connectivity index (χ1v) is 10.3. The molecule has 2 aliphatic rings. The average molecular weight is 413 g/mol. The number of carbonyl (C=O) groups is 1. The highest BCUT2D eigenvalue weighted by Crippen LogP contribution is 2.45. The van der Waals surface area contributed by atoms with Crippen LogP contribution in [0.4, 0.5) is 0 Å². The standard InChI is InChI=1S/C21H25ClN6O/c1-11(24)19-15-8-12(6-7-14(15)21(29)27-26-19)17-10-25-28(2)20(17)13-4-3-5-18(22)16(13)9-23/h3-5,10-12,14-15,19,26H,6-8,24H2,1-2H3,(H,27,29)/t11-,12?,14?,15?,19?/m1/s1. The van der Waals surface area contributed by atoms with Crippen LogP contribution in [0.3, 0.4) is 0 Å². The normalized spacial score (nSPS) is 27.6. The van der Waals surface area contributed by atoms with Gasteiger partial charge in [-0.2, -0.15) is 10.4 Å². The van der Waals surface area contributed by atoms with Gasteiger partial charge in [-0.25, -0.2) is 5.43 Å². The molecular weight excluding hydrogens is 388 g/mol. The molecule has 1 amide bonds. The van der Waals surface area contributed by atoms with Crippen LogP contribution in [0.15, 0.2) is 24.4 Å². The van der Waals surface area contributed by atoms with Crippen molar-refractivity contribution in [1.29, 1.82) is 5.26 Å². The fourth-order valence-electron chi connectivity index (χ4n) is 5.00. The maximum atomic E-state index is 12.4. The number of carbonyl (C=O) groups excluding carboxylic acids is 1. The summed E-state index contributed by atoms with van der Waals surface area (Å²) < 4.78 is 1.81. The van der Waals surface area contributed by atoms with Crippen LogP contribution in [0.5, 0.6) is 0 Å². The van der Waals surface area contributed by atoms with Crippen LogP contribution < -0.4 is 16.6 Å². The number of aryl methyl sites for hydroxylation is 1. The number of amides is 1. The van der Waals surface area contributed by atoms with E-state index >= 15 is 0 Å². The van der Waals surface area contributed by atoms with Gasteiger partial charge >= 0.3 is 0 Å². The van der Waals surface area contributed by atoms with Crippen LogP contribution in [0.1, 0.15) is 43.2 Å². The zero-order valence-corrected chi connectivity index (χ0v) is 17.3. The van der Waals surface area contributed by atoms with Crippen molar-refractivity contribution >= 4 is 17.5 Å². The number of nitrogens with two attached hydrogens (primary N) is 1. The van der Waals surface area contributed by atoms with E-state index in [9.17, 15) is 10.1 Å². The predicted molar refractivity (Wildman–Crippen MR) is 111 cm³/mol. The van der Waals surface area contributed by atoms with Gasteiger partial charge in [-0.05, 0) is 44.1 Å². The van der Waals surface area contributed by atoms with Crippen LogP contribution in [0.25, 0.3) is 11.3 Å². The molecule has 8 heteroatoms. The van der Waals surface area contributed by atoms with Crippen LogP contribution >= 0.6 is 11.6 Å². The Morgan fingerprint density at radius 2 is 2.21 bits per heavy atom. The highest BCUT2D eigenvalue weighted by Gasteiger charge is 2.44. The van der Waals surface area contributed by atoms with Gasteiger partial charge in [0.25, 0.3) is 0 Å². The molecule has 1 aromatic heterocycles.